The van der Waals surface area contributed by atoms with E-state index in [0.29, 0.717) is 11.8 Å². The summed E-state index contributed by atoms with van der Waals surface area (Å²) >= 11 is 0. The van der Waals surface area contributed by atoms with Crippen LogP contribution < -0.4 is 154 Å². The molecular weight excluding hydrogens is 236 g/mol. The Balaban J connectivity index is -0.000000135. The van der Waals surface area contributed by atoms with Gasteiger partial charge in [0.1, 0.15) is 0 Å². The molecule has 0 aliphatic rings. The molecule has 0 N–H and O–H groups in total. The van der Waals surface area contributed by atoms with Crippen molar-refractivity contribution in [3.05, 3.63) is 20.8 Å². The maximum atomic E-state index is 5.50. The fraction of sp³-hybridized carbons (Fsp3) is 0.667. The van der Waals surface area contributed by atoms with E-state index in [1.165, 1.54) is 0 Å². The van der Waals surface area contributed by atoms with Gasteiger partial charge in [0, 0.05) is 7.85 Å². The third-order valence-electron chi connectivity index (χ3n) is 1.37. The molecule has 0 bridgehead atoms. The SMILES string of the molecule is [B]C([CH2-])CC([CH2-])CC([CH2-])C.[K+].[K+].[K+]. The van der Waals surface area contributed by atoms with E-state index in [1.54, 1.807) is 0 Å². The molecule has 4 heteroatoms. The molecule has 0 spiro atoms. The van der Waals surface area contributed by atoms with Crippen LogP contribution in [0.1, 0.15) is 19.8 Å². The van der Waals surface area contributed by atoms with Gasteiger partial charge < -0.3 is 20.8 Å². The molecule has 0 saturated carbocycles. The maximum Gasteiger partial charge on any atom is 1.00 e. The van der Waals surface area contributed by atoms with Gasteiger partial charge in [-0.2, -0.15) is 11.8 Å². The van der Waals surface area contributed by atoms with Gasteiger partial charge in [0.25, 0.3) is 0 Å². The minimum Gasteiger partial charge on any atom is -0.348 e. The number of rotatable bonds is 4. The van der Waals surface area contributed by atoms with Crippen LogP contribution in [0.3, 0.4) is 0 Å². The molecule has 0 aromatic carbocycles. The van der Waals surface area contributed by atoms with Crippen LogP contribution in [0.15, 0.2) is 0 Å². The summed E-state index contributed by atoms with van der Waals surface area (Å²) in [7, 11) is 5.50. The summed E-state index contributed by atoms with van der Waals surface area (Å²) in [6.07, 6.45) is 1.95. The van der Waals surface area contributed by atoms with E-state index in [-0.39, 0.29) is 160 Å². The Hall–Kier alpha value is 4.97. The van der Waals surface area contributed by atoms with Crippen LogP contribution in [-0.2, 0) is 0 Å². The molecule has 2 radical (unpaired) electrons. The second kappa shape index (κ2) is 17.0. The standard InChI is InChI=1S/C9H16B.3K/c1-7(2)5-8(3)6-9(4)10;;;/h7-9H,1,3-6H2,2H3;;;/q-3;3*+1. The number of hydrogen-bond donors (Lipinski definition) is 0. The first-order valence-corrected chi connectivity index (χ1v) is 3.77. The first kappa shape index (κ1) is 26.5. The van der Waals surface area contributed by atoms with Crippen molar-refractivity contribution in [3.8, 4) is 0 Å². The van der Waals surface area contributed by atoms with Gasteiger partial charge in [-0.1, -0.05) is 6.92 Å². The molecule has 0 heterocycles. The van der Waals surface area contributed by atoms with E-state index in [4.69, 9.17) is 7.85 Å². The first-order chi connectivity index (χ1) is 4.52. The molecule has 0 aliphatic heterocycles. The van der Waals surface area contributed by atoms with Gasteiger partial charge in [0.15, 0.2) is 0 Å². The van der Waals surface area contributed by atoms with Crippen LogP contribution >= 0.6 is 0 Å². The van der Waals surface area contributed by atoms with Crippen molar-refractivity contribution in [2.75, 3.05) is 0 Å². The molecule has 0 rings (SSSR count). The summed E-state index contributed by atoms with van der Waals surface area (Å²) < 4.78 is 0. The van der Waals surface area contributed by atoms with Crippen LogP contribution in [0.4, 0.5) is 0 Å². The second-order valence-corrected chi connectivity index (χ2v) is 3.20. The maximum absolute atomic E-state index is 5.50. The zero-order chi connectivity index (χ0) is 8.15. The van der Waals surface area contributed by atoms with Crippen molar-refractivity contribution in [3.63, 3.8) is 0 Å². The molecule has 0 fully saturated rings. The molecule has 0 nitrogen and oxygen atoms in total. The summed E-state index contributed by atoms with van der Waals surface area (Å²) in [6.45, 7) is 13.6. The van der Waals surface area contributed by atoms with Crippen molar-refractivity contribution in [2.45, 2.75) is 25.6 Å². The van der Waals surface area contributed by atoms with E-state index in [0.717, 1.165) is 12.8 Å². The molecule has 0 saturated heterocycles. The van der Waals surface area contributed by atoms with Gasteiger partial charge in [-0.05, 0) is 0 Å². The molecule has 0 aromatic rings. The molecule has 0 aliphatic carbocycles. The molecule has 58 valence electrons. The predicted molar refractivity (Wildman–Crippen MR) is 47.5 cm³/mol. The summed E-state index contributed by atoms with van der Waals surface area (Å²) in [5.41, 5.74) is 0. The van der Waals surface area contributed by atoms with Crippen LogP contribution in [-0.4, -0.2) is 7.85 Å². The quantitative estimate of drug-likeness (QED) is 0.345. The van der Waals surface area contributed by atoms with E-state index >= 15 is 0 Å². The third-order valence-corrected chi connectivity index (χ3v) is 1.37. The van der Waals surface area contributed by atoms with Gasteiger partial charge in [-0.3, -0.25) is 0 Å². The van der Waals surface area contributed by atoms with Crippen molar-refractivity contribution in [1.29, 1.82) is 0 Å². The third kappa shape index (κ3) is 22.6. The normalized spacial score (nSPS) is 15.4. The Morgan fingerprint density at radius 1 is 1.00 bits per heavy atom. The Morgan fingerprint density at radius 2 is 1.38 bits per heavy atom. The summed E-state index contributed by atoms with van der Waals surface area (Å²) in [6, 6.07) is 0. The van der Waals surface area contributed by atoms with Gasteiger partial charge in [0.05, 0.1) is 0 Å². The molecule has 0 amide bonds. The summed E-state index contributed by atoms with van der Waals surface area (Å²) in [5, 5.41) is 0. The molecule has 3 unspecified atom stereocenters. The van der Waals surface area contributed by atoms with E-state index in [9.17, 15) is 0 Å². The topological polar surface area (TPSA) is 0 Å². The smallest absolute Gasteiger partial charge is 0.348 e. The van der Waals surface area contributed by atoms with E-state index < -0.39 is 0 Å². The minimum atomic E-state index is 0. The fourth-order valence-electron chi connectivity index (χ4n) is 1.09. The molecular formula is C9H16BK3. The zero-order valence-electron chi connectivity index (χ0n) is 9.84. The zero-order valence-corrected chi connectivity index (χ0v) is 19.2. The predicted octanol–water partition coefficient (Wildman–Crippen LogP) is -6.51. The van der Waals surface area contributed by atoms with Crippen LogP contribution in [0.5, 0.6) is 0 Å². The van der Waals surface area contributed by atoms with Gasteiger partial charge in [-0.25, -0.2) is 5.82 Å². The van der Waals surface area contributed by atoms with Gasteiger partial charge in [-0.15, -0.1) is 12.8 Å². The Bertz CT molecular complexity index is 76.9. The minimum absolute atomic E-state index is 0. The van der Waals surface area contributed by atoms with E-state index in [1.807, 2.05) is 0 Å². The van der Waals surface area contributed by atoms with E-state index in [2.05, 4.69) is 27.7 Å². The molecule has 0 aromatic heterocycles. The van der Waals surface area contributed by atoms with Crippen molar-refractivity contribution in [2.24, 2.45) is 11.8 Å². The Morgan fingerprint density at radius 3 is 1.62 bits per heavy atom. The van der Waals surface area contributed by atoms with Crippen LogP contribution in [0, 0.1) is 32.6 Å². The fourth-order valence-corrected chi connectivity index (χ4v) is 1.09. The summed E-state index contributed by atoms with van der Waals surface area (Å²) in [5.74, 6) is 0.919. The summed E-state index contributed by atoms with van der Waals surface area (Å²) in [4.78, 5) is 0. The molecule has 3 atom stereocenters. The first-order valence-electron chi connectivity index (χ1n) is 3.77. The average molecular weight is 252 g/mol. The van der Waals surface area contributed by atoms with Crippen molar-refractivity contribution >= 4 is 7.85 Å². The van der Waals surface area contributed by atoms with Gasteiger partial charge >= 0.3 is 154 Å². The van der Waals surface area contributed by atoms with Gasteiger partial charge in [0.2, 0.25) is 0 Å². The van der Waals surface area contributed by atoms with Crippen molar-refractivity contribution in [1.82, 2.24) is 0 Å². The Labute approximate surface area is 214 Å². The number of hydrogen-bond acceptors (Lipinski definition) is 0. The molecule has 13 heavy (non-hydrogen) atoms. The largest absolute Gasteiger partial charge is 1.00 e. The average Bonchev–Trinajstić information content (AvgIpc) is 1.58. The van der Waals surface area contributed by atoms with Crippen LogP contribution in [0.25, 0.3) is 0 Å². The second-order valence-electron chi connectivity index (χ2n) is 3.20. The van der Waals surface area contributed by atoms with Crippen molar-refractivity contribution < 1.29 is 154 Å². The Kier molecular flexibility index (Phi) is 34.6. The van der Waals surface area contributed by atoms with Crippen LogP contribution in [0.2, 0.25) is 5.82 Å². The monoisotopic (exact) mass is 252 g/mol.